The number of carbonyl (C=O) groups is 1. The summed E-state index contributed by atoms with van der Waals surface area (Å²) in [6, 6.07) is 3.49. The molecular formula is C14H17N5O3. The first-order valence-electron chi connectivity index (χ1n) is 7.15. The normalized spacial score (nSPS) is 15.6. The maximum atomic E-state index is 12.0. The Morgan fingerprint density at radius 2 is 2.00 bits per heavy atom. The van der Waals surface area contributed by atoms with E-state index >= 15 is 0 Å². The van der Waals surface area contributed by atoms with E-state index in [-0.39, 0.29) is 11.8 Å². The van der Waals surface area contributed by atoms with Crippen LogP contribution in [0.25, 0.3) is 11.5 Å². The summed E-state index contributed by atoms with van der Waals surface area (Å²) in [7, 11) is 0. The number of pyridine rings is 1. The summed E-state index contributed by atoms with van der Waals surface area (Å²) < 4.78 is 10.7. The van der Waals surface area contributed by atoms with E-state index in [9.17, 15) is 4.79 Å². The van der Waals surface area contributed by atoms with E-state index in [2.05, 4.69) is 25.4 Å². The zero-order valence-electron chi connectivity index (χ0n) is 12.1. The number of carbonyl (C=O) groups excluding carboxylic acids is 1. The van der Waals surface area contributed by atoms with Crippen LogP contribution in [0.5, 0.6) is 0 Å². The number of amides is 1. The van der Waals surface area contributed by atoms with Crippen LogP contribution < -0.4 is 5.32 Å². The average Bonchev–Trinajstić information content (AvgIpc) is 3.07. The third-order valence-electron chi connectivity index (χ3n) is 3.36. The molecule has 0 aliphatic carbocycles. The molecular weight excluding hydrogens is 286 g/mol. The fourth-order valence-electron chi connectivity index (χ4n) is 2.15. The van der Waals surface area contributed by atoms with E-state index in [1.807, 2.05) is 0 Å². The van der Waals surface area contributed by atoms with Crippen molar-refractivity contribution in [3.05, 3.63) is 30.4 Å². The van der Waals surface area contributed by atoms with E-state index < -0.39 is 0 Å². The predicted octanol–water partition coefficient (Wildman–Crippen LogP) is 0.194. The molecule has 0 radical (unpaired) electrons. The summed E-state index contributed by atoms with van der Waals surface area (Å²) >= 11 is 0. The van der Waals surface area contributed by atoms with Crippen LogP contribution in [0.2, 0.25) is 0 Å². The van der Waals surface area contributed by atoms with E-state index in [1.165, 1.54) is 0 Å². The van der Waals surface area contributed by atoms with Crippen molar-refractivity contribution < 1.29 is 13.9 Å². The second-order valence-corrected chi connectivity index (χ2v) is 4.86. The second kappa shape index (κ2) is 7.10. The maximum Gasteiger partial charge on any atom is 0.308 e. The van der Waals surface area contributed by atoms with Gasteiger partial charge in [-0.15, -0.1) is 10.2 Å². The molecule has 1 N–H and O–H groups in total. The molecule has 8 heteroatoms. The standard InChI is InChI=1S/C14H17N5O3/c20-12(16-5-6-19-7-9-21-10-8-19)14-18-17-13(22-14)11-1-3-15-4-2-11/h1-4H,5-10H2,(H,16,20). The van der Waals surface area contributed by atoms with Crippen molar-refractivity contribution in [1.82, 2.24) is 25.4 Å². The van der Waals surface area contributed by atoms with Gasteiger partial charge in [0.25, 0.3) is 0 Å². The van der Waals surface area contributed by atoms with Crippen LogP contribution in [0.4, 0.5) is 0 Å². The van der Waals surface area contributed by atoms with Gasteiger partial charge in [-0.3, -0.25) is 14.7 Å². The number of aromatic nitrogens is 3. The fraction of sp³-hybridized carbons (Fsp3) is 0.429. The monoisotopic (exact) mass is 303 g/mol. The molecule has 0 spiro atoms. The third kappa shape index (κ3) is 3.66. The molecule has 116 valence electrons. The maximum absolute atomic E-state index is 12.0. The van der Waals surface area contributed by atoms with Crippen LogP contribution in [-0.2, 0) is 4.74 Å². The molecule has 1 saturated heterocycles. The Kier molecular flexibility index (Phi) is 4.71. The summed E-state index contributed by atoms with van der Waals surface area (Å²) in [4.78, 5) is 18.1. The number of ether oxygens (including phenoxy) is 1. The van der Waals surface area contributed by atoms with Crippen molar-refractivity contribution in [2.45, 2.75) is 0 Å². The van der Waals surface area contributed by atoms with Crippen molar-refractivity contribution in [2.75, 3.05) is 39.4 Å². The summed E-state index contributed by atoms with van der Waals surface area (Å²) in [5.41, 5.74) is 0.731. The smallest absolute Gasteiger partial charge is 0.308 e. The highest BCUT2D eigenvalue weighted by atomic mass is 16.5. The van der Waals surface area contributed by atoms with E-state index in [1.54, 1.807) is 24.5 Å². The highest BCUT2D eigenvalue weighted by Crippen LogP contribution is 2.15. The average molecular weight is 303 g/mol. The van der Waals surface area contributed by atoms with E-state index in [0.717, 1.165) is 38.4 Å². The van der Waals surface area contributed by atoms with Crippen molar-refractivity contribution in [3.63, 3.8) is 0 Å². The van der Waals surface area contributed by atoms with Crippen molar-refractivity contribution in [2.24, 2.45) is 0 Å². The molecule has 2 aromatic rings. The van der Waals surface area contributed by atoms with Gasteiger partial charge < -0.3 is 14.5 Å². The fourth-order valence-corrected chi connectivity index (χ4v) is 2.15. The van der Waals surface area contributed by atoms with Gasteiger partial charge in [0.2, 0.25) is 5.89 Å². The van der Waals surface area contributed by atoms with Gasteiger partial charge in [0.05, 0.1) is 13.2 Å². The van der Waals surface area contributed by atoms with Gasteiger partial charge in [0, 0.05) is 44.1 Å². The number of hydrogen-bond donors (Lipinski definition) is 1. The molecule has 0 atom stereocenters. The van der Waals surface area contributed by atoms with Crippen molar-refractivity contribution in [3.8, 4) is 11.5 Å². The molecule has 0 saturated carbocycles. The van der Waals surface area contributed by atoms with Crippen LogP contribution >= 0.6 is 0 Å². The Hall–Kier alpha value is -2.32. The molecule has 1 fully saturated rings. The molecule has 3 heterocycles. The lowest BCUT2D eigenvalue weighted by Gasteiger charge is -2.26. The molecule has 0 unspecified atom stereocenters. The summed E-state index contributed by atoms with van der Waals surface area (Å²) in [5.74, 6) is -0.0874. The SMILES string of the molecule is O=C(NCCN1CCOCC1)c1nnc(-c2ccncc2)o1. The topological polar surface area (TPSA) is 93.4 Å². The molecule has 1 aliphatic rings. The zero-order valence-corrected chi connectivity index (χ0v) is 12.1. The highest BCUT2D eigenvalue weighted by Gasteiger charge is 2.16. The number of nitrogens with one attached hydrogen (secondary N) is 1. The van der Waals surface area contributed by atoms with Gasteiger partial charge in [-0.05, 0) is 12.1 Å². The van der Waals surface area contributed by atoms with Crippen molar-refractivity contribution >= 4 is 5.91 Å². The van der Waals surface area contributed by atoms with Crippen molar-refractivity contribution in [1.29, 1.82) is 0 Å². The molecule has 1 amide bonds. The largest absolute Gasteiger partial charge is 0.412 e. The molecule has 0 aromatic carbocycles. The molecule has 22 heavy (non-hydrogen) atoms. The van der Waals surface area contributed by atoms with Crippen LogP contribution in [0.1, 0.15) is 10.7 Å². The number of nitrogens with zero attached hydrogens (tertiary/aromatic N) is 4. The van der Waals surface area contributed by atoms with Crippen LogP contribution in [0.15, 0.2) is 28.9 Å². The van der Waals surface area contributed by atoms with Gasteiger partial charge >= 0.3 is 11.8 Å². The van der Waals surface area contributed by atoms with E-state index in [4.69, 9.17) is 9.15 Å². The summed E-state index contributed by atoms with van der Waals surface area (Å²) in [6.07, 6.45) is 3.25. The molecule has 2 aromatic heterocycles. The lowest BCUT2D eigenvalue weighted by Crippen LogP contribution is -2.41. The lowest BCUT2D eigenvalue weighted by molar-refractivity contribution is 0.0382. The zero-order chi connectivity index (χ0) is 15.2. The predicted molar refractivity (Wildman–Crippen MR) is 77.1 cm³/mol. The van der Waals surface area contributed by atoms with Crippen LogP contribution in [-0.4, -0.2) is 65.4 Å². The molecule has 0 bridgehead atoms. The molecule has 1 aliphatic heterocycles. The molecule has 3 rings (SSSR count). The Balaban J connectivity index is 1.51. The second-order valence-electron chi connectivity index (χ2n) is 4.86. The number of rotatable bonds is 5. The Morgan fingerprint density at radius 3 is 2.77 bits per heavy atom. The summed E-state index contributed by atoms with van der Waals surface area (Å²) in [5, 5.41) is 10.4. The van der Waals surface area contributed by atoms with Crippen LogP contribution in [0, 0.1) is 0 Å². The Labute approximate surface area is 127 Å². The van der Waals surface area contributed by atoms with Gasteiger partial charge in [-0.2, -0.15) is 0 Å². The first-order valence-corrected chi connectivity index (χ1v) is 7.15. The molecule has 8 nitrogen and oxygen atoms in total. The number of morpholine rings is 1. The van der Waals surface area contributed by atoms with Gasteiger partial charge in [-0.1, -0.05) is 0 Å². The highest BCUT2D eigenvalue weighted by molar-refractivity contribution is 5.89. The quantitative estimate of drug-likeness (QED) is 0.843. The first kappa shape index (κ1) is 14.6. The Bertz CT molecular complexity index is 610. The minimum atomic E-state index is -0.360. The van der Waals surface area contributed by atoms with Crippen LogP contribution in [0.3, 0.4) is 0 Å². The Morgan fingerprint density at radius 1 is 1.23 bits per heavy atom. The minimum Gasteiger partial charge on any atom is -0.412 e. The van der Waals surface area contributed by atoms with Gasteiger partial charge in [0.15, 0.2) is 0 Å². The first-order chi connectivity index (χ1) is 10.8. The third-order valence-corrected chi connectivity index (χ3v) is 3.36. The summed E-state index contributed by atoms with van der Waals surface area (Å²) in [6.45, 7) is 4.58. The minimum absolute atomic E-state index is 0.0335. The van der Waals surface area contributed by atoms with Gasteiger partial charge in [0.1, 0.15) is 0 Å². The number of hydrogen-bond acceptors (Lipinski definition) is 7. The van der Waals surface area contributed by atoms with E-state index in [0.29, 0.717) is 12.4 Å². The lowest BCUT2D eigenvalue weighted by atomic mass is 10.3. The van der Waals surface area contributed by atoms with Gasteiger partial charge in [-0.25, -0.2) is 0 Å².